The third-order valence-electron chi connectivity index (χ3n) is 3.98. The molecule has 0 bridgehead atoms. The maximum absolute atomic E-state index is 14.6. The summed E-state index contributed by atoms with van der Waals surface area (Å²) in [6.45, 7) is 2.07. The summed E-state index contributed by atoms with van der Waals surface area (Å²) in [5.74, 6) is -1.12. The van der Waals surface area contributed by atoms with Crippen molar-refractivity contribution in [1.29, 1.82) is 0 Å². The van der Waals surface area contributed by atoms with Gasteiger partial charge in [0, 0.05) is 13.2 Å². The zero-order valence-corrected chi connectivity index (χ0v) is 18.8. The van der Waals surface area contributed by atoms with E-state index in [2.05, 4.69) is 52.2 Å². The summed E-state index contributed by atoms with van der Waals surface area (Å²) in [4.78, 5) is 20.2. The van der Waals surface area contributed by atoms with Crippen molar-refractivity contribution in [1.82, 2.24) is 19.7 Å². The van der Waals surface area contributed by atoms with E-state index in [0.717, 1.165) is 5.56 Å². The highest BCUT2D eigenvalue weighted by Gasteiger charge is 2.17. The number of nitrogens with one attached hydrogen (secondary N) is 1. The fourth-order valence-electron chi connectivity index (χ4n) is 2.72. The first-order valence-corrected chi connectivity index (χ1v) is 9.89. The molecule has 0 aliphatic heterocycles. The van der Waals surface area contributed by atoms with E-state index in [-0.39, 0.29) is 23.7 Å². The van der Waals surface area contributed by atoms with E-state index in [4.69, 9.17) is 9.47 Å². The third kappa shape index (κ3) is 4.73. The molecule has 0 saturated heterocycles. The van der Waals surface area contributed by atoms with Crippen molar-refractivity contribution < 1.29 is 18.7 Å². The highest BCUT2D eigenvalue weighted by atomic mass is 79.9. The van der Waals surface area contributed by atoms with E-state index in [9.17, 15) is 9.18 Å². The summed E-state index contributed by atoms with van der Waals surface area (Å²) in [5.41, 5.74) is 2.20. The molecule has 29 heavy (non-hydrogen) atoms. The fraction of sp³-hybridized carbons (Fsp3) is 0.222. The van der Waals surface area contributed by atoms with Crippen molar-refractivity contribution in [2.75, 3.05) is 19.5 Å². The van der Waals surface area contributed by atoms with E-state index < -0.39 is 11.8 Å². The fourth-order valence-corrected chi connectivity index (χ4v) is 3.69. The minimum atomic E-state index is -0.646. The molecule has 8 nitrogen and oxygen atoms in total. The van der Waals surface area contributed by atoms with Gasteiger partial charge in [0.2, 0.25) is 4.73 Å². The number of methoxy groups -OCH3 is 1. The number of benzene rings is 1. The Morgan fingerprint density at radius 1 is 1.31 bits per heavy atom. The first-order valence-electron chi connectivity index (χ1n) is 8.31. The smallest absolute Gasteiger partial charge is 0.340 e. The van der Waals surface area contributed by atoms with Crippen LogP contribution in [0.1, 0.15) is 21.5 Å². The molecule has 3 aromatic rings. The highest BCUT2D eigenvalue weighted by molar-refractivity contribution is 9.11. The molecule has 0 aliphatic rings. The van der Waals surface area contributed by atoms with Gasteiger partial charge in [-0.3, -0.25) is 0 Å². The van der Waals surface area contributed by atoms with Crippen LogP contribution >= 0.6 is 31.9 Å². The number of aryl methyl sites for hydroxylation is 1. The van der Waals surface area contributed by atoms with E-state index in [1.54, 1.807) is 24.7 Å². The van der Waals surface area contributed by atoms with Gasteiger partial charge in [0.05, 0.1) is 24.9 Å². The van der Waals surface area contributed by atoms with Crippen LogP contribution < -0.4 is 10.1 Å². The number of hydrogen-bond acceptors (Lipinski definition) is 7. The van der Waals surface area contributed by atoms with Crippen molar-refractivity contribution in [3.8, 4) is 11.6 Å². The van der Waals surface area contributed by atoms with E-state index in [1.165, 1.54) is 25.4 Å². The van der Waals surface area contributed by atoms with Crippen LogP contribution in [0.4, 0.5) is 10.1 Å². The van der Waals surface area contributed by atoms with Crippen LogP contribution in [-0.4, -0.2) is 39.9 Å². The lowest BCUT2D eigenvalue weighted by molar-refractivity contribution is 0.0601. The normalized spacial score (nSPS) is 10.7. The number of carbonyl (C=O) groups is 1. The zero-order chi connectivity index (χ0) is 21.1. The van der Waals surface area contributed by atoms with Gasteiger partial charge in [0.15, 0.2) is 10.6 Å². The van der Waals surface area contributed by atoms with Crippen LogP contribution in [0.2, 0.25) is 0 Å². The van der Waals surface area contributed by atoms with Crippen LogP contribution in [0.5, 0.6) is 11.6 Å². The van der Waals surface area contributed by atoms with Gasteiger partial charge < -0.3 is 14.8 Å². The summed E-state index contributed by atoms with van der Waals surface area (Å²) in [5, 5.41) is 7.08. The molecule has 3 rings (SSSR count). The van der Waals surface area contributed by atoms with Crippen LogP contribution in [0, 0.1) is 12.7 Å². The van der Waals surface area contributed by atoms with Gasteiger partial charge in [-0.05, 0) is 68.1 Å². The minimum absolute atomic E-state index is 0.208. The summed E-state index contributed by atoms with van der Waals surface area (Å²) >= 11 is 6.45. The molecular formula is C18H16Br2FN5O3. The molecule has 1 N–H and O–H groups in total. The molecule has 0 aliphatic carbocycles. The Bertz CT molecular complexity index is 1070. The topological polar surface area (TPSA) is 91.2 Å². The standard InChI is InChI=1S/C18H16Br2FN5O3/c1-9-4-11(6-12(14(9)22-2)16(27)28-3)29-15-13(21)5-10(7-23-15)8-26-18(20)24-17(19)25-26/h4-7,22H,8H2,1-3H3. The number of esters is 1. The number of nitrogens with zero attached hydrogens (tertiary/aromatic N) is 4. The van der Waals surface area contributed by atoms with Gasteiger partial charge in [-0.2, -0.15) is 4.98 Å². The number of hydrogen-bond donors (Lipinski definition) is 1. The Balaban J connectivity index is 1.86. The number of anilines is 1. The molecular weight excluding hydrogens is 513 g/mol. The highest BCUT2D eigenvalue weighted by Crippen LogP contribution is 2.30. The first-order chi connectivity index (χ1) is 13.8. The van der Waals surface area contributed by atoms with Gasteiger partial charge in [-0.1, -0.05) is 0 Å². The Morgan fingerprint density at radius 2 is 2.07 bits per heavy atom. The van der Waals surface area contributed by atoms with Crippen molar-refractivity contribution >= 4 is 43.5 Å². The van der Waals surface area contributed by atoms with Crippen LogP contribution in [0.3, 0.4) is 0 Å². The van der Waals surface area contributed by atoms with Crippen molar-refractivity contribution in [2.45, 2.75) is 13.5 Å². The predicted molar refractivity (Wildman–Crippen MR) is 111 cm³/mol. The maximum Gasteiger partial charge on any atom is 0.340 e. The van der Waals surface area contributed by atoms with Gasteiger partial charge in [0.1, 0.15) is 5.75 Å². The summed E-state index contributed by atoms with van der Waals surface area (Å²) in [7, 11) is 2.98. The van der Waals surface area contributed by atoms with Gasteiger partial charge in [0.25, 0.3) is 5.88 Å². The molecule has 2 aromatic heterocycles. The lowest BCUT2D eigenvalue weighted by Gasteiger charge is -2.14. The molecule has 0 saturated carbocycles. The molecule has 0 unspecified atom stereocenters. The first kappa shape index (κ1) is 21.2. The molecule has 0 radical (unpaired) electrons. The molecule has 152 valence electrons. The maximum atomic E-state index is 14.6. The van der Waals surface area contributed by atoms with Crippen LogP contribution in [0.25, 0.3) is 0 Å². The van der Waals surface area contributed by atoms with Crippen molar-refractivity contribution in [2.24, 2.45) is 0 Å². The molecule has 1 aromatic carbocycles. The Hall–Kier alpha value is -2.53. The van der Waals surface area contributed by atoms with Gasteiger partial charge in [-0.25, -0.2) is 18.9 Å². The number of halogens is 3. The molecule has 0 atom stereocenters. The summed E-state index contributed by atoms with van der Waals surface area (Å²) < 4.78 is 27.4. The Morgan fingerprint density at radius 3 is 2.66 bits per heavy atom. The monoisotopic (exact) mass is 527 g/mol. The van der Waals surface area contributed by atoms with Crippen LogP contribution in [0.15, 0.2) is 33.9 Å². The molecule has 2 heterocycles. The Labute approximate surface area is 182 Å². The largest absolute Gasteiger partial charge is 0.465 e. The second kappa shape index (κ2) is 8.87. The molecule has 0 fully saturated rings. The molecule has 0 amide bonds. The summed E-state index contributed by atoms with van der Waals surface area (Å²) in [6, 6.07) is 4.46. The number of pyridine rings is 1. The van der Waals surface area contributed by atoms with Crippen molar-refractivity contribution in [3.63, 3.8) is 0 Å². The second-order valence-corrected chi connectivity index (χ2v) is 7.36. The van der Waals surface area contributed by atoms with E-state index in [1.807, 2.05) is 0 Å². The lowest BCUT2D eigenvalue weighted by atomic mass is 10.1. The number of aromatic nitrogens is 4. The van der Waals surface area contributed by atoms with Gasteiger partial charge in [-0.15, -0.1) is 5.10 Å². The quantitative estimate of drug-likeness (QED) is 0.476. The number of ether oxygens (including phenoxy) is 2. The van der Waals surface area contributed by atoms with E-state index in [0.29, 0.717) is 20.7 Å². The van der Waals surface area contributed by atoms with Crippen LogP contribution in [-0.2, 0) is 11.3 Å². The average Bonchev–Trinajstić information content (AvgIpc) is 2.99. The number of rotatable bonds is 6. The SMILES string of the molecule is CNc1c(C)cc(Oc2ncc(Cn3nc(Br)nc3Br)cc2F)cc1C(=O)OC. The zero-order valence-electron chi connectivity index (χ0n) is 15.7. The summed E-state index contributed by atoms with van der Waals surface area (Å²) in [6.07, 6.45) is 1.48. The van der Waals surface area contributed by atoms with Gasteiger partial charge >= 0.3 is 5.97 Å². The predicted octanol–water partition coefficient (Wildman–Crippen LogP) is 4.31. The Kier molecular flexibility index (Phi) is 6.48. The molecule has 11 heteroatoms. The number of carbonyl (C=O) groups excluding carboxylic acids is 1. The second-order valence-electron chi connectivity index (χ2n) is 5.94. The van der Waals surface area contributed by atoms with E-state index >= 15 is 0 Å². The van der Waals surface area contributed by atoms with Crippen molar-refractivity contribution in [3.05, 3.63) is 56.4 Å². The third-order valence-corrected chi connectivity index (χ3v) is 4.90. The average molecular weight is 529 g/mol. The minimum Gasteiger partial charge on any atom is -0.465 e. The molecule has 0 spiro atoms. The lowest BCUT2D eigenvalue weighted by Crippen LogP contribution is -2.08.